The largest absolute Gasteiger partial charge is 0.380 e. The molecule has 3 rings (SSSR count). The molecule has 1 N–H and O–H groups in total. The summed E-state index contributed by atoms with van der Waals surface area (Å²) in [7, 11) is 1.74. The highest BCUT2D eigenvalue weighted by atomic mass is 16.5. The van der Waals surface area contributed by atoms with Gasteiger partial charge in [0, 0.05) is 25.5 Å². The molecular weight excluding hydrogens is 298 g/mol. The van der Waals surface area contributed by atoms with Gasteiger partial charge in [-0.25, -0.2) is 4.98 Å². The van der Waals surface area contributed by atoms with E-state index in [1.807, 2.05) is 0 Å². The van der Waals surface area contributed by atoms with Gasteiger partial charge in [0.05, 0.1) is 18.0 Å². The summed E-state index contributed by atoms with van der Waals surface area (Å²) < 4.78 is 7.51. The van der Waals surface area contributed by atoms with Gasteiger partial charge in [0.1, 0.15) is 0 Å². The molecule has 0 saturated carbocycles. The minimum atomic E-state index is 0.628. The lowest BCUT2D eigenvalue weighted by molar-refractivity contribution is 0.184. The highest BCUT2D eigenvalue weighted by Crippen LogP contribution is 2.23. The molecule has 24 heavy (non-hydrogen) atoms. The first-order chi connectivity index (χ1) is 11.5. The Labute approximate surface area is 143 Å². The topological polar surface area (TPSA) is 38.6 Å². The van der Waals surface area contributed by atoms with Crippen LogP contribution in [0.4, 0.5) is 5.69 Å². The van der Waals surface area contributed by atoms with Crippen LogP contribution < -0.4 is 5.32 Å². The summed E-state index contributed by atoms with van der Waals surface area (Å²) in [6.07, 6.45) is 2.14. The summed E-state index contributed by atoms with van der Waals surface area (Å²) in [6, 6.07) is 8.52. The van der Waals surface area contributed by atoms with Gasteiger partial charge in [-0.15, -0.1) is 0 Å². The summed E-state index contributed by atoms with van der Waals surface area (Å²) in [5, 5.41) is 3.59. The van der Waals surface area contributed by atoms with E-state index >= 15 is 0 Å². The minimum Gasteiger partial charge on any atom is -0.380 e. The first-order valence-corrected chi connectivity index (χ1v) is 8.27. The van der Waals surface area contributed by atoms with Crippen molar-refractivity contribution in [2.75, 3.05) is 12.4 Å². The lowest BCUT2D eigenvalue weighted by Crippen LogP contribution is -2.07. The number of anilines is 1. The normalized spacial score (nSPS) is 11.2. The number of benzene rings is 1. The number of fused-ring (bicyclic) bond motifs is 1. The van der Waals surface area contributed by atoms with Crippen molar-refractivity contribution in [1.29, 1.82) is 0 Å². The lowest BCUT2D eigenvalue weighted by atomic mass is 10.0. The van der Waals surface area contributed by atoms with Crippen molar-refractivity contribution < 1.29 is 4.74 Å². The fourth-order valence-electron chi connectivity index (χ4n) is 3.13. The van der Waals surface area contributed by atoms with Gasteiger partial charge in [-0.3, -0.25) is 0 Å². The Morgan fingerprint density at radius 2 is 1.96 bits per heavy atom. The molecule has 0 aliphatic heterocycles. The number of ether oxygens (including phenoxy) is 1. The molecular formula is C20H25N3O. The SMILES string of the molecule is COCc1cccc(C)c1CNc1cc(C)cn2c(C)c(C)nc12. The standard InChI is InChI=1S/C20H25N3O/c1-13-9-19(20-22-15(3)16(4)23(20)11-13)21-10-18-14(2)7-6-8-17(18)12-24-5/h6-9,11,21H,10,12H2,1-5H3. The van der Waals surface area contributed by atoms with Crippen LogP contribution in [0.5, 0.6) is 0 Å². The van der Waals surface area contributed by atoms with Crippen molar-refractivity contribution in [3.05, 3.63) is 64.1 Å². The van der Waals surface area contributed by atoms with Crippen molar-refractivity contribution in [1.82, 2.24) is 9.38 Å². The molecule has 0 aliphatic carbocycles. The molecule has 4 heteroatoms. The van der Waals surface area contributed by atoms with E-state index < -0.39 is 0 Å². The molecule has 3 aromatic rings. The molecule has 0 saturated heterocycles. The maximum absolute atomic E-state index is 5.34. The van der Waals surface area contributed by atoms with Crippen molar-refractivity contribution in [2.45, 2.75) is 40.8 Å². The van der Waals surface area contributed by atoms with Crippen LogP contribution in [-0.4, -0.2) is 16.5 Å². The van der Waals surface area contributed by atoms with Crippen molar-refractivity contribution in [3.63, 3.8) is 0 Å². The number of nitrogens with one attached hydrogen (secondary N) is 1. The van der Waals surface area contributed by atoms with Gasteiger partial charge in [-0.1, -0.05) is 18.2 Å². The first-order valence-electron chi connectivity index (χ1n) is 8.27. The smallest absolute Gasteiger partial charge is 0.160 e. The third-order valence-corrected chi connectivity index (χ3v) is 4.60. The van der Waals surface area contributed by atoms with Crippen LogP contribution in [0.25, 0.3) is 5.65 Å². The van der Waals surface area contributed by atoms with Crippen molar-refractivity contribution >= 4 is 11.3 Å². The molecule has 0 aliphatic rings. The third kappa shape index (κ3) is 3.02. The van der Waals surface area contributed by atoms with Crippen LogP contribution in [0.3, 0.4) is 0 Å². The number of methoxy groups -OCH3 is 1. The van der Waals surface area contributed by atoms with E-state index in [1.54, 1.807) is 7.11 Å². The Hall–Kier alpha value is -2.33. The average molecular weight is 323 g/mol. The second-order valence-corrected chi connectivity index (χ2v) is 6.41. The van der Waals surface area contributed by atoms with E-state index in [4.69, 9.17) is 9.72 Å². The minimum absolute atomic E-state index is 0.628. The van der Waals surface area contributed by atoms with Crippen molar-refractivity contribution in [2.24, 2.45) is 0 Å². The van der Waals surface area contributed by atoms with Gasteiger partial charge in [0.2, 0.25) is 0 Å². The summed E-state index contributed by atoms with van der Waals surface area (Å²) in [6.45, 7) is 9.81. The number of aryl methyl sites for hydroxylation is 4. The fraction of sp³-hybridized carbons (Fsp3) is 0.350. The Morgan fingerprint density at radius 3 is 2.71 bits per heavy atom. The van der Waals surface area contributed by atoms with Gasteiger partial charge in [-0.05, 0) is 56.0 Å². The Balaban J connectivity index is 1.96. The number of hydrogen-bond acceptors (Lipinski definition) is 3. The van der Waals surface area contributed by atoms with E-state index in [1.165, 1.54) is 27.9 Å². The zero-order valence-electron chi connectivity index (χ0n) is 15.1. The van der Waals surface area contributed by atoms with Gasteiger partial charge in [0.25, 0.3) is 0 Å². The number of aromatic nitrogens is 2. The van der Waals surface area contributed by atoms with Crippen LogP contribution in [0.1, 0.15) is 33.6 Å². The summed E-state index contributed by atoms with van der Waals surface area (Å²) in [5.41, 5.74) is 9.31. The number of rotatable bonds is 5. The van der Waals surface area contributed by atoms with E-state index in [2.05, 4.69) is 67.9 Å². The number of hydrogen-bond donors (Lipinski definition) is 1. The number of imidazole rings is 1. The Bertz CT molecular complexity index is 880. The zero-order chi connectivity index (χ0) is 17.3. The quantitative estimate of drug-likeness (QED) is 0.759. The highest BCUT2D eigenvalue weighted by Gasteiger charge is 2.11. The van der Waals surface area contributed by atoms with Crippen LogP contribution >= 0.6 is 0 Å². The van der Waals surface area contributed by atoms with Gasteiger partial charge >= 0.3 is 0 Å². The molecule has 0 fully saturated rings. The van der Waals surface area contributed by atoms with Crippen LogP contribution in [-0.2, 0) is 17.9 Å². The first kappa shape index (κ1) is 16.5. The molecule has 0 radical (unpaired) electrons. The molecule has 1 aromatic carbocycles. The zero-order valence-corrected chi connectivity index (χ0v) is 15.1. The maximum atomic E-state index is 5.34. The van der Waals surface area contributed by atoms with Crippen LogP contribution in [0.2, 0.25) is 0 Å². The Kier molecular flexibility index (Phi) is 4.58. The third-order valence-electron chi connectivity index (χ3n) is 4.60. The fourth-order valence-corrected chi connectivity index (χ4v) is 3.13. The summed E-state index contributed by atoms with van der Waals surface area (Å²) in [4.78, 5) is 4.72. The average Bonchev–Trinajstić information content (AvgIpc) is 2.82. The molecule has 0 spiro atoms. The summed E-state index contributed by atoms with van der Waals surface area (Å²) >= 11 is 0. The molecule has 4 nitrogen and oxygen atoms in total. The van der Waals surface area contributed by atoms with Gasteiger partial charge in [0.15, 0.2) is 5.65 Å². The van der Waals surface area contributed by atoms with Crippen molar-refractivity contribution in [3.8, 4) is 0 Å². The number of nitrogens with zero attached hydrogens (tertiary/aromatic N) is 2. The molecule has 2 aromatic heterocycles. The Morgan fingerprint density at radius 1 is 1.17 bits per heavy atom. The van der Waals surface area contributed by atoms with E-state index in [-0.39, 0.29) is 0 Å². The predicted octanol–water partition coefficient (Wildman–Crippen LogP) is 4.33. The van der Waals surface area contributed by atoms with Gasteiger partial charge in [-0.2, -0.15) is 0 Å². The molecule has 126 valence electrons. The highest BCUT2D eigenvalue weighted by molar-refractivity contribution is 5.69. The van der Waals surface area contributed by atoms with Crippen LogP contribution in [0, 0.1) is 27.7 Å². The second-order valence-electron chi connectivity index (χ2n) is 6.41. The molecule has 0 bridgehead atoms. The predicted molar refractivity (Wildman–Crippen MR) is 98.6 cm³/mol. The lowest BCUT2D eigenvalue weighted by Gasteiger charge is -2.15. The number of pyridine rings is 1. The maximum Gasteiger partial charge on any atom is 0.160 e. The molecule has 0 amide bonds. The van der Waals surface area contributed by atoms with Gasteiger partial charge < -0.3 is 14.5 Å². The van der Waals surface area contributed by atoms with Crippen LogP contribution in [0.15, 0.2) is 30.5 Å². The monoisotopic (exact) mass is 323 g/mol. The summed E-state index contributed by atoms with van der Waals surface area (Å²) in [5.74, 6) is 0. The molecule has 0 atom stereocenters. The molecule has 0 unspecified atom stereocenters. The second kappa shape index (κ2) is 6.65. The molecule has 2 heterocycles. The van der Waals surface area contributed by atoms with E-state index in [0.29, 0.717) is 6.61 Å². The van der Waals surface area contributed by atoms with E-state index in [9.17, 15) is 0 Å². The van der Waals surface area contributed by atoms with E-state index in [0.717, 1.165) is 23.6 Å².